The van der Waals surface area contributed by atoms with Crippen molar-refractivity contribution in [3.63, 3.8) is 0 Å². The first-order valence-electron chi connectivity index (χ1n) is 8.42. The van der Waals surface area contributed by atoms with E-state index in [9.17, 15) is 9.90 Å². The fourth-order valence-electron chi connectivity index (χ4n) is 3.14. The summed E-state index contributed by atoms with van der Waals surface area (Å²) in [5.41, 5.74) is 4.02. The molecule has 0 radical (unpaired) electrons. The highest BCUT2D eigenvalue weighted by molar-refractivity contribution is 5.77. The monoisotopic (exact) mass is 325 g/mol. The number of aromatic hydroxyl groups is 1. The molecule has 0 atom stereocenters. The Morgan fingerprint density at radius 2 is 2.08 bits per heavy atom. The van der Waals surface area contributed by atoms with Gasteiger partial charge in [0.25, 0.3) is 0 Å². The van der Waals surface area contributed by atoms with Gasteiger partial charge in [-0.15, -0.1) is 0 Å². The number of hydrogen-bond donors (Lipinski definition) is 1. The van der Waals surface area contributed by atoms with E-state index in [0.717, 1.165) is 28.7 Å². The number of phenolic OH excluding ortho intramolecular Hbond substituents is 1. The van der Waals surface area contributed by atoms with Crippen LogP contribution in [0.4, 0.5) is 0 Å². The zero-order chi connectivity index (χ0) is 17.1. The van der Waals surface area contributed by atoms with Crippen LogP contribution in [0.25, 0.3) is 11.1 Å². The van der Waals surface area contributed by atoms with Gasteiger partial charge in [-0.3, -0.25) is 4.79 Å². The number of nitrogens with zero attached hydrogens (tertiary/aromatic N) is 1. The van der Waals surface area contributed by atoms with E-state index in [0.29, 0.717) is 31.9 Å². The van der Waals surface area contributed by atoms with Crippen LogP contribution in [0.2, 0.25) is 0 Å². The van der Waals surface area contributed by atoms with Crippen LogP contribution in [0.1, 0.15) is 30.9 Å². The van der Waals surface area contributed by atoms with Crippen molar-refractivity contribution in [1.29, 1.82) is 0 Å². The third-order valence-electron chi connectivity index (χ3n) is 4.39. The van der Waals surface area contributed by atoms with Crippen LogP contribution in [-0.4, -0.2) is 29.1 Å². The van der Waals surface area contributed by atoms with Gasteiger partial charge >= 0.3 is 0 Å². The summed E-state index contributed by atoms with van der Waals surface area (Å²) in [6, 6.07) is 11.8. The van der Waals surface area contributed by atoms with E-state index in [1.807, 2.05) is 49.1 Å². The summed E-state index contributed by atoms with van der Waals surface area (Å²) in [7, 11) is 0. The van der Waals surface area contributed by atoms with Gasteiger partial charge in [0, 0.05) is 18.5 Å². The molecule has 0 bridgehead atoms. The van der Waals surface area contributed by atoms with Gasteiger partial charge in [0.2, 0.25) is 5.91 Å². The molecule has 2 aromatic rings. The lowest BCUT2D eigenvalue weighted by Crippen LogP contribution is -2.32. The first-order chi connectivity index (χ1) is 11.6. The quantitative estimate of drug-likeness (QED) is 0.931. The summed E-state index contributed by atoms with van der Waals surface area (Å²) in [4.78, 5) is 14.1. The van der Waals surface area contributed by atoms with Crippen LogP contribution in [0.5, 0.6) is 11.5 Å². The van der Waals surface area contributed by atoms with Gasteiger partial charge in [-0.1, -0.05) is 31.2 Å². The highest BCUT2D eigenvalue weighted by atomic mass is 16.5. The van der Waals surface area contributed by atoms with Crippen molar-refractivity contribution >= 4 is 5.91 Å². The van der Waals surface area contributed by atoms with Gasteiger partial charge in [0.15, 0.2) is 11.5 Å². The Kier molecular flexibility index (Phi) is 4.74. The number of ether oxygens (including phenoxy) is 1. The Hall–Kier alpha value is -2.49. The van der Waals surface area contributed by atoms with Crippen molar-refractivity contribution in [3.8, 4) is 22.6 Å². The van der Waals surface area contributed by atoms with Crippen LogP contribution in [0, 0.1) is 6.92 Å². The summed E-state index contributed by atoms with van der Waals surface area (Å²) >= 11 is 0. The Labute approximate surface area is 142 Å². The minimum absolute atomic E-state index is 0.134. The predicted octanol–water partition coefficient (Wildman–Crippen LogP) is 3.89. The normalized spacial score (nSPS) is 13.8. The number of phenols is 1. The molecule has 0 aliphatic carbocycles. The lowest BCUT2D eigenvalue weighted by Gasteiger charge is -2.20. The average Bonchev–Trinajstić information content (AvgIpc) is 2.78. The molecule has 1 aliphatic heterocycles. The van der Waals surface area contributed by atoms with Crippen molar-refractivity contribution in [2.75, 3.05) is 13.2 Å². The summed E-state index contributed by atoms with van der Waals surface area (Å²) in [6.45, 7) is 5.47. The van der Waals surface area contributed by atoms with Crippen molar-refractivity contribution in [2.24, 2.45) is 0 Å². The van der Waals surface area contributed by atoms with E-state index in [-0.39, 0.29) is 11.7 Å². The molecule has 0 spiro atoms. The van der Waals surface area contributed by atoms with Gasteiger partial charge < -0.3 is 14.7 Å². The Balaban J connectivity index is 2.00. The molecule has 0 fully saturated rings. The minimum atomic E-state index is 0.134. The van der Waals surface area contributed by atoms with E-state index in [4.69, 9.17) is 4.74 Å². The molecule has 126 valence electrons. The SMILES string of the molecule is CCCC(=O)N1CCOc2c(O)cc(-c3ccccc3C)cc2C1. The van der Waals surface area contributed by atoms with E-state index < -0.39 is 0 Å². The number of benzene rings is 2. The fourth-order valence-corrected chi connectivity index (χ4v) is 3.14. The van der Waals surface area contributed by atoms with Crippen molar-refractivity contribution < 1.29 is 14.6 Å². The molecule has 24 heavy (non-hydrogen) atoms. The summed E-state index contributed by atoms with van der Waals surface area (Å²) in [5, 5.41) is 10.4. The molecule has 0 unspecified atom stereocenters. The highest BCUT2D eigenvalue weighted by Gasteiger charge is 2.22. The van der Waals surface area contributed by atoms with Crippen LogP contribution < -0.4 is 4.74 Å². The van der Waals surface area contributed by atoms with Gasteiger partial charge in [-0.2, -0.15) is 0 Å². The number of fused-ring (bicyclic) bond motifs is 1. The number of rotatable bonds is 3. The van der Waals surface area contributed by atoms with E-state index in [1.54, 1.807) is 6.07 Å². The van der Waals surface area contributed by atoms with Crippen molar-refractivity contribution in [3.05, 3.63) is 47.5 Å². The molecule has 3 rings (SSSR count). The lowest BCUT2D eigenvalue weighted by atomic mass is 9.98. The first-order valence-corrected chi connectivity index (χ1v) is 8.42. The third-order valence-corrected chi connectivity index (χ3v) is 4.39. The number of amides is 1. The second-order valence-corrected chi connectivity index (χ2v) is 6.21. The Morgan fingerprint density at radius 3 is 2.83 bits per heavy atom. The zero-order valence-electron chi connectivity index (χ0n) is 14.2. The molecule has 0 saturated heterocycles. The molecule has 1 amide bonds. The molecular weight excluding hydrogens is 302 g/mol. The first kappa shape index (κ1) is 16.4. The molecule has 1 aliphatic rings. The Morgan fingerprint density at radius 1 is 1.29 bits per heavy atom. The van der Waals surface area contributed by atoms with Crippen LogP contribution in [-0.2, 0) is 11.3 Å². The van der Waals surface area contributed by atoms with E-state index in [1.165, 1.54) is 0 Å². The molecule has 4 heteroatoms. The number of aryl methyl sites for hydroxylation is 1. The van der Waals surface area contributed by atoms with Crippen LogP contribution >= 0.6 is 0 Å². The maximum absolute atomic E-state index is 12.3. The van der Waals surface area contributed by atoms with Gasteiger partial charge in [-0.05, 0) is 42.2 Å². The molecule has 1 N–H and O–H groups in total. The topological polar surface area (TPSA) is 49.8 Å². The number of carbonyl (C=O) groups is 1. The predicted molar refractivity (Wildman–Crippen MR) is 94.1 cm³/mol. The Bertz CT molecular complexity index is 755. The maximum Gasteiger partial charge on any atom is 0.222 e. The van der Waals surface area contributed by atoms with Gasteiger partial charge in [-0.25, -0.2) is 0 Å². The van der Waals surface area contributed by atoms with E-state index >= 15 is 0 Å². The van der Waals surface area contributed by atoms with Crippen LogP contribution in [0.3, 0.4) is 0 Å². The van der Waals surface area contributed by atoms with Gasteiger partial charge in [0.1, 0.15) is 6.61 Å². The van der Waals surface area contributed by atoms with Crippen molar-refractivity contribution in [1.82, 2.24) is 4.90 Å². The van der Waals surface area contributed by atoms with E-state index in [2.05, 4.69) is 0 Å². The second-order valence-electron chi connectivity index (χ2n) is 6.21. The lowest BCUT2D eigenvalue weighted by molar-refractivity contribution is -0.131. The smallest absolute Gasteiger partial charge is 0.222 e. The summed E-state index contributed by atoms with van der Waals surface area (Å²) < 4.78 is 5.72. The highest BCUT2D eigenvalue weighted by Crippen LogP contribution is 2.38. The van der Waals surface area contributed by atoms with Gasteiger partial charge in [0.05, 0.1) is 6.54 Å². The zero-order valence-corrected chi connectivity index (χ0v) is 14.2. The molecule has 1 heterocycles. The van der Waals surface area contributed by atoms with Crippen LogP contribution in [0.15, 0.2) is 36.4 Å². The molecule has 2 aromatic carbocycles. The third kappa shape index (κ3) is 3.23. The largest absolute Gasteiger partial charge is 0.504 e. The maximum atomic E-state index is 12.3. The number of carbonyl (C=O) groups excluding carboxylic acids is 1. The summed E-state index contributed by atoms with van der Waals surface area (Å²) in [5.74, 6) is 0.768. The second kappa shape index (κ2) is 6.95. The molecular formula is C20H23NO3. The molecule has 0 aromatic heterocycles. The average molecular weight is 325 g/mol. The fraction of sp³-hybridized carbons (Fsp3) is 0.350. The summed E-state index contributed by atoms with van der Waals surface area (Å²) in [6.07, 6.45) is 1.37. The molecule has 4 nitrogen and oxygen atoms in total. The van der Waals surface area contributed by atoms with Crippen molar-refractivity contribution in [2.45, 2.75) is 33.2 Å². The minimum Gasteiger partial charge on any atom is -0.504 e. The number of hydrogen-bond acceptors (Lipinski definition) is 3. The standard InChI is InChI=1S/C20H23NO3/c1-3-6-19(23)21-9-10-24-20-16(13-21)11-15(12-18(20)22)17-8-5-4-7-14(17)2/h4-5,7-8,11-12,22H,3,6,9-10,13H2,1-2H3. The molecule has 0 saturated carbocycles.